The smallest absolute Gasteiger partial charge is 0.419 e. The zero-order valence-electron chi connectivity index (χ0n) is 19.9. The SMILES string of the molecule is CCOC(=O)c1[nH]c2c(C(C)n3cc(CO)oc3=O)cccc2c1-c1ccc(CS(C)(=O)=O)c(F)c1. The van der Waals surface area contributed by atoms with E-state index in [1.807, 2.05) is 0 Å². The van der Waals surface area contributed by atoms with Crippen LogP contribution in [0, 0.1) is 5.82 Å². The Morgan fingerprint density at radius 1 is 1.28 bits per heavy atom. The van der Waals surface area contributed by atoms with Gasteiger partial charge in [-0.15, -0.1) is 0 Å². The summed E-state index contributed by atoms with van der Waals surface area (Å²) < 4.78 is 49.8. The molecule has 2 aromatic heterocycles. The monoisotopic (exact) mass is 516 g/mol. The molecule has 2 heterocycles. The average molecular weight is 517 g/mol. The molecule has 2 N–H and O–H groups in total. The van der Waals surface area contributed by atoms with Crippen molar-refractivity contribution in [3.63, 3.8) is 0 Å². The number of aromatic amines is 1. The van der Waals surface area contributed by atoms with Crippen molar-refractivity contribution in [1.82, 2.24) is 9.55 Å². The highest BCUT2D eigenvalue weighted by molar-refractivity contribution is 7.89. The van der Waals surface area contributed by atoms with Gasteiger partial charge < -0.3 is 19.2 Å². The molecule has 1 unspecified atom stereocenters. The maximum atomic E-state index is 14.9. The van der Waals surface area contributed by atoms with E-state index in [1.165, 1.54) is 22.9 Å². The fourth-order valence-corrected chi connectivity index (χ4v) is 5.04. The van der Waals surface area contributed by atoms with Gasteiger partial charge in [-0.05, 0) is 31.0 Å². The molecule has 0 aliphatic rings. The molecule has 0 amide bonds. The number of esters is 1. The number of sulfone groups is 1. The van der Waals surface area contributed by atoms with E-state index >= 15 is 0 Å². The molecule has 0 aliphatic heterocycles. The fraction of sp³-hybridized carbons (Fsp3) is 0.280. The molecular weight excluding hydrogens is 491 g/mol. The van der Waals surface area contributed by atoms with Gasteiger partial charge in [0.1, 0.15) is 18.1 Å². The summed E-state index contributed by atoms with van der Waals surface area (Å²) in [7, 11) is -3.45. The lowest BCUT2D eigenvalue weighted by Crippen LogP contribution is -2.18. The van der Waals surface area contributed by atoms with E-state index in [2.05, 4.69) is 4.98 Å². The Labute approximate surface area is 206 Å². The number of hydrogen-bond donors (Lipinski definition) is 2. The molecule has 0 bridgehead atoms. The molecule has 0 saturated carbocycles. The third-order valence-electron chi connectivity index (χ3n) is 5.84. The van der Waals surface area contributed by atoms with Crippen LogP contribution in [-0.2, 0) is 26.9 Å². The van der Waals surface area contributed by atoms with Crippen LogP contribution in [0.5, 0.6) is 0 Å². The third kappa shape index (κ3) is 4.84. The van der Waals surface area contributed by atoms with Gasteiger partial charge in [0.25, 0.3) is 0 Å². The van der Waals surface area contributed by atoms with Gasteiger partial charge in [0, 0.05) is 22.8 Å². The largest absolute Gasteiger partial charge is 0.461 e. The van der Waals surface area contributed by atoms with E-state index in [9.17, 15) is 27.5 Å². The lowest BCUT2D eigenvalue weighted by atomic mass is 9.98. The number of carbonyl (C=O) groups excluding carboxylic acids is 1. The molecule has 9 nitrogen and oxygen atoms in total. The average Bonchev–Trinajstić information content (AvgIpc) is 3.39. The number of rotatable bonds is 8. The Hall–Kier alpha value is -3.70. The van der Waals surface area contributed by atoms with Gasteiger partial charge in [0.05, 0.1) is 30.1 Å². The number of carbonyl (C=O) groups is 1. The summed E-state index contributed by atoms with van der Waals surface area (Å²) in [5.41, 5.74) is 2.03. The van der Waals surface area contributed by atoms with Crippen LogP contribution in [0.25, 0.3) is 22.0 Å². The highest BCUT2D eigenvalue weighted by atomic mass is 32.2. The van der Waals surface area contributed by atoms with E-state index in [-0.39, 0.29) is 23.6 Å². The van der Waals surface area contributed by atoms with Crippen molar-refractivity contribution in [3.8, 4) is 11.1 Å². The molecule has 0 saturated heterocycles. The molecule has 0 fully saturated rings. The Kier molecular flexibility index (Phi) is 6.87. The first kappa shape index (κ1) is 25.4. The second kappa shape index (κ2) is 9.75. The number of para-hydroxylation sites is 1. The number of hydrogen-bond acceptors (Lipinski definition) is 7. The molecule has 36 heavy (non-hydrogen) atoms. The number of aliphatic hydroxyl groups excluding tert-OH is 1. The second-order valence-corrected chi connectivity index (χ2v) is 10.6. The van der Waals surface area contributed by atoms with Gasteiger partial charge in [0.2, 0.25) is 0 Å². The maximum absolute atomic E-state index is 14.9. The first-order chi connectivity index (χ1) is 17.0. The Balaban J connectivity index is 1.92. The number of halogens is 1. The summed E-state index contributed by atoms with van der Waals surface area (Å²) in [6.07, 6.45) is 2.44. The van der Waals surface area contributed by atoms with Gasteiger partial charge in [0.15, 0.2) is 15.6 Å². The minimum Gasteiger partial charge on any atom is -0.461 e. The van der Waals surface area contributed by atoms with Crippen molar-refractivity contribution in [2.24, 2.45) is 0 Å². The second-order valence-electron chi connectivity index (χ2n) is 8.45. The lowest BCUT2D eigenvalue weighted by molar-refractivity contribution is 0.0521. The van der Waals surface area contributed by atoms with Crippen LogP contribution in [0.2, 0.25) is 0 Å². The number of oxazole rings is 1. The quantitative estimate of drug-likeness (QED) is 0.342. The maximum Gasteiger partial charge on any atom is 0.419 e. The summed E-state index contributed by atoms with van der Waals surface area (Å²) in [5.74, 6) is -2.35. The number of fused-ring (bicyclic) bond motifs is 1. The topological polar surface area (TPSA) is 132 Å². The number of aliphatic hydroxyl groups is 1. The number of nitrogens with zero attached hydrogens (tertiary/aromatic N) is 1. The van der Waals surface area contributed by atoms with Crippen LogP contribution < -0.4 is 5.76 Å². The van der Waals surface area contributed by atoms with E-state index in [0.29, 0.717) is 27.6 Å². The zero-order chi connectivity index (χ0) is 26.2. The highest BCUT2D eigenvalue weighted by Crippen LogP contribution is 2.37. The zero-order valence-corrected chi connectivity index (χ0v) is 20.7. The van der Waals surface area contributed by atoms with Crippen LogP contribution in [0.15, 0.2) is 51.8 Å². The molecule has 2 aromatic carbocycles. The van der Waals surface area contributed by atoms with Gasteiger partial charge in [-0.1, -0.05) is 30.3 Å². The third-order valence-corrected chi connectivity index (χ3v) is 6.68. The number of ether oxygens (including phenoxy) is 1. The molecule has 190 valence electrons. The Bertz CT molecular complexity index is 1620. The van der Waals surface area contributed by atoms with Crippen molar-refractivity contribution >= 4 is 26.7 Å². The van der Waals surface area contributed by atoms with Crippen molar-refractivity contribution in [1.29, 1.82) is 0 Å². The van der Waals surface area contributed by atoms with E-state index in [4.69, 9.17) is 9.15 Å². The van der Waals surface area contributed by atoms with E-state index in [1.54, 1.807) is 38.1 Å². The summed E-state index contributed by atoms with van der Waals surface area (Å²) in [4.78, 5) is 28.3. The minimum atomic E-state index is -3.45. The fourth-order valence-electron chi connectivity index (χ4n) is 4.24. The summed E-state index contributed by atoms with van der Waals surface area (Å²) in [6.45, 7) is 3.11. The number of aromatic nitrogens is 2. The summed E-state index contributed by atoms with van der Waals surface area (Å²) in [5, 5.41) is 9.89. The van der Waals surface area contributed by atoms with Crippen molar-refractivity contribution in [2.75, 3.05) is 12.9 Å². The van der Waals surface area contributed by atoms with E-state index in [0.717, 1.165) is 6.26 Å². The van der Waals surface area contributed by atoms with Crippen LogP contribution in [-0.4, -0.2) is 41.9 Å². The van der Waals surface area contributed by atoms with Crippen molar-refractivity contribution in [2.45, 2.75) is 32.2 Å². The Morgan fingerprint density at radius 2 is 2.03 bits per heavy atom. The van der Waals surface area contributed by atoms with Gasteiger partial charge in [-0.2, -0.15) is 0 Å². The number of H-pyrrole nitrogens is 1. The van der Waals surface area contributed by atoms with Crippen LogP contribution in [0.3, 0.4) is 0 Å². The minimum absolute atomic E-state index is 0.0205. The van der Waals surface area contributed by atoms with Gasteiger partial charge >= 0.3 is 11.7 Å². The van der Waals surface area contributed by atoms with Gasteiger partial charge in [-0.25, -0.2) is 22.4 Å². The first-order valence-corrected chi connectivity index (χ1v) is 13.2. The number of nitrogens with one attached hydrogen (secondary N) is 1. The summed E-state index contributed by atoms with van der Waals surface area (Å²) >= 11 is 0. The normalized spacial score (nSPS) is 12.7. The molecule has 0 radical (unpaired) electrons. The molecule has 4 rings (SSSR count). The molecule has 0 spiro atoms. The molecule has 0 aliphatic carbocycles. The highest BCUT2D eigenvalue weighted by Gasteiger charge is 2.25. The molecule has 4 aromatic rings. The van der Waals surface area contributed by atoms with Crippen molar-refractivity contribution < 1.29 is 31.9 Å². The Morgan fingerprint density at radius 3 is 2.64 bits per heavy atom. The van der Waals surface area contributed by atoms with E-state index < -0.39 is 45.8 Å². The van der Waals surface area contributed by atoms with Crippen LogP contribution >= 0.6 is 0 Å². The summed E-state index contributed by atoms with van der Waals surface area (Å²) in [6, 6.07) is 8.85. The van der Waals surface area contributed by atoms with Gasteiger partial charge in [-0.3, -0.25) is 4.57 Å². The predicted molar refractivity (Wildman–Crippen MR) is 131 cm³/mol. The van der Waals surface area contributed by atoms with Crippen LogP contribution in [0.1, 0.15) is 47.3 Å². The first-order valence-electron chi connectivity index (χ1n) is 11.1. The lowest BCUT2D eigenvalue weighted by Gasteiger charge is -2.13. The van der Waals surface area contributed by atoms with Crippen LogP contribution in [0.4, 0.5) is 4.39 Å². The molecular formula is C25H25FN2O7S. The molecule has 11 heteroatoms. The molecule has 1 atom stereocenters. The standard InChI is InChI=1S/C25H25FN2O7S/c1-4-34-24(30)23-21(15-8-9-16(20(26)10-15)13-36(3,32)33)19-7-5-6-18(22(19)27-23)14(2)28-11-17(12-29)35-25(28)31/h5-11,14,27,29H,4,12-13H2,1-3H3. The predicted octanol–water partition coefficient (Wildman–Crippen LogP) is 3.55. The van der Waals surface area contributed by atoms with Crippen molar-refractivity contribution in [3.05, 3.63) is 81.5 Å². The number of benzene rings is 2.